The van der Waals surface area contributed by atoms with Gasteiger partial charge in [0.1, 0.15) is 11.1 Å². The number of carbonyl (C=O) groups is 1. The van der Waals surface area contributed by atoms with Gasteiger partial charge >= 0.3 is 12.3 Å². The number of rotatable bonds is 6. The molecular formula is C20H22F3N5O3. The smallest absolute Gasteiger partial charge is 0.429 e. The Balaban J connectivity index is 1.81. The monoisotopic (exact) mass is 437 g/mol. The highest BCUT2D eigenvalue weighted by atomic mass is 19.4. The van der Waals surface area contributed by atoms with E-state index in [0.717, 1.165) is 11.9 Å². The van der Waals surface area contributed by atoms with Gasteiger partial charge in [-0.05, 0) is 32.8 Å². The van der Waals surface area contributed by atoms with Gasteiger partial charge in [-0.25, -0.2) is 14.8 Å². The van der Waals surface area contributed by atoms with Gasteiger partial charge in [0.25, 0.3) is 0 Å². The summed E-state index contributed by atoms with van der Waals surface area (Å²) in [6.45, 7) is 4.91. The Hall–Kier alpha value is -3.37. The van der Waals surface area contributed by atoms with E-state index in [1.165, 1.54) is 4.57 Å². The number of halogens is 3. The highest BCUT2D eigenvalue weighted by molar-refractivity contribution is 5.75. The molecule has 2 heterocycles. The predicted molar refractivity (Wildman–Crippen MR) is 106 cm³/mol. The SMILES string of the molecule is CC(C)(C)OC(=O)OCn1cnc2c(C(F)(F)F)nc(NCCc3ccccc3)nc21. The van der Waals surface area contributed by atoms with Crippen molar-refractivity contribution in [3.8, 4) is 0 Å². The predicted octanol–water partition coefficient (Wildman–Crippen LogP) is 4.41. The molecule has 0 atom stereocenters. The standard InChI is InChI=1S/C20H22F3N5O3/c1-19(2,3)31-18(29)30-12-28-11-25-14-15(20(21,22)23)26-17(27-16(14)28)24-10-9-13-7-5-4-6-8-13/h4-8,11H,9-10,12H2,1-3H3,(H,24,26,27). The van der Waals surface area contributed by atoms with E-state index in [-0.39, 0.29) is 11.6 Å². The van der Waals surface area contributed by atoms with Crippen LogP contribution in [0.2, 0.25) is 0 Å². The van der Waals surface area contributed by atoms with E-state index in [0.29, 0.717) is 13.0 Å². The summed E-state index contributed by atoms with van der Waals surface area (Å²) >= 11 is 0. The third kappa shape index (κ3) is 6.06. The van der Waals surface area contributed by atoms with E-state index in [2.05, 4.69) is 20.3 Å². The summed E-state index contributed by atoms with van der Waals surface area (Å²) in [5.41, 5.74) is -1.48. The fraction of sp³-hybridized carbons (Fsp3) is 0.400. The topological polar surface area (TPSA) is 91.2 Å². The molecule has 1 aromatic carbocycles. The lowest BCUT2D eigenvalue weighted by atomic mass is 10.1. The molecule has 31 heavy (non-hydrogen) atoms. The zero-order chi connectivity index (χ0) is 22.6. The van der Waals surface area contributed by atoms with Crippen LogP contribution >= 0.6 is 0 Å². The van der Waals surface area contributed by atoms with E-state index < -0.39 is 35.9 Å². The highest BCUT2D eigenvalue weighted by Crippen LogP contribution is 2.33. The summed E-state index contributed by atoms with van der Waals surface area (Å²) in [4.78, 5) is 23.3. The first-order chi connectivity index (χ1) is 14.5. The Morgan fingerprint density at radius 1 is 1.13 bits per heavy atom. The van der Waals surface area contributed by atoms with Crippen LogP contribution in [-0.4, -0.2) is 37.8 Å². The van der Waals surface area contributed by atoms with Gasteiger partial charge in [-0.3, -0.25) is 4.57 Å². The quantitative estimate of drug-likeness (QED) is 0.571. The van der Waals surface area contributed by atoms with Crippen molar-refractivity contribution in [2.24, 2.45) is 0 Å². The Bertz CT molecular complexity index is 1050. The van der Waals surface area contributed by atoms with Crippen molar-refractivity contribution >= 4 is 23.3 Å². The van der Waals surface area contributed by atoms with Crippen molar-refractivity contribution in [1.82, 2.24) is 19.5 Å². The van der Waals surface area contributed by atoms with Gasteiger partial charge in [-0.15, -0.1) is 0 Å². The van der Waals surface area contributed by atoms with Crippen molar-refractivity contribution in [2.45, 2.75) is 45.7 Å². The van der Waals surface area contributed by atoms with Crippen LogP contribution in [0.25, 0.3) is 11.2 Å². The molecule has 166 valence electrons. The summed E-state index contributed by atoms with van der Waals surface area (Å²) in [7, 11) is 0. The summed E-state index contributed by atoms with van der Waals surface area (Å²) in [6.07, 6.45) is -4.01. The number of nitrogens with zero attached hydrogens (tertiary/aromatic N) is 4. The van der Waals surface area contributed by atoms with Crippen LogP contribution in [-0.2, 0) is 28.8 Å². The number of nitrogens with one attached hydrogen (secondary N) is 1. The third-order valence-corrected chi connectivity index (χ3v) is 3.98. The molecular weight excluding hydrogens is 415 g/mol. The molecule has 3 rings (SSSR count). The summed E-state index contributed by atoms with van der Waals surface area (Å²) in [6, 6.07) is 9.46. The first-order valence-electron chi connectivity index (χ1n) is 9.46. The van der Waals surface area contributed by atoms with Crippen LogP contribution < -0.4 is 5.32 Å². The maximum Gasteiger partial charge on any atom is 0.510 e. The van der Waals surface area contributed by atoms with E-state index in [1.807, 2.05) is 30.3 Å². The Labute approximate surface area is 176 Å². The Kier molecular flexibility index (Phi) is 6.32. The first-order valence-corrected chi connectivity index (χ1v) is 9.46. The number of alkyl halides is 3. The number of fused-ring (bicyclic) bond motifs is 1. The van der Waals surface area contributed by atoms with Gasteiger partial charge in [0.15, 0.2) is 18.1 Å². The van der Waals surface area contributed by atoms with Gasteiger partial charge in [-0.1, -0.05) is 30.3 Å². The number of aromatic nitrogens is 4. The summed E-state index contributed by atoms with van der Waals surface area (Å²) < 4.78 is 51.7. The lowest BCUT2D eigenvalue weighted by Gasteiger charge is -2.18. The molecule has 3 aromatic rings. The van der Waals surface area contributed by atoms with Gasteiger partial charge in [-0.2, -0.15) is 18.2 Å². The summed E-state index contributed by atoms with van der Waals surface area (Å²) in [5, 5.41) is 2.81. The Morgan fingerprint density at radius 2 is 1.84 bits per heavy atom. The van der Waals surface area contributed by atoms with Gasteiger partial charge < -0.3 is 14.8 Å². The zero-order valence-electron chi connectivity index (χ0n) is 17.2. The number of imidazole rings is 1. The van der Waals surface area contributed by atoms with Crippen molar-refractivity contribution in [1.29, 1.82) is 0 Å². The molecule has 0 radical (unpaired) electrons. The number of hydrogen-bond donors (Lipinski definition) is 1. The van der Waals surface area contributed by atoms with Crippen LogP contribution in [0.3, 0.4) is 0 Å². The van der Waals surface area contributed by atoms with Crippen molar-refractivity contribution < 1.29 is 27.4 Å². The molecule has 0 aliphatic rings. The van der Waals surface area contributed by atoms with Crippen LogP contribution in [0.1, 0.15) is 32.0 Å². The van der Waals surface area contributed by atoms with E-state index in [1.54, 1.807) is 20.8 Å². The fourth-order valence-electron chi connectivity index (χ4n) is 2.68. The molecule has 0 unspecified atom stereocenters. The molecule has 8 nitrogen and oxygen atoms in total. The highest BCUT2D eigenvalue weighted by Gasteiger charge is 2.37. The number of anilines is 1. The average Bonchev–Trinajstić information content (AvgIpc) is 3.07. The second-order valence-electron chi connectivity index (χ2n) is 7.68. The van der Waals surface area contributed by atoms with E-state index in [9.17, 15) is 18.0 Å². The minimum atomic E-state index is -4.73. The minimum Gasteiger partial charge on any atom is -0.429 e. The summed E-state index contributed by atoms with van der Waals surface area (Å²) in [5.74, 6) is -0.199. The molecule has 0 amide bonds. The molecule has 11 heteroatoms. The molecule has 0 aliphatic heterocycles. The number of ether oxygens (including phenoxy) is 2. The minimum absolute atomic E-state index is 0.118. The van der Waals surface area contributed by atoms with Gasteiger partial charge in [0.2, 0.25) is 5.95 Å². The maximum atomic E-state index is 13.5. The lowest BCUT2D eigenvalue weighted by molar-refractivity contribution is -0.139. The number of hydrogen-bond acceptors (Lipinski definition) is 7. The molecule has 0 saturated carbocycles. The fourth-order valence-corrected chi connectivity index (χ4v) is 2.68. The number of benzene rings is 1. The number of carbonyl (C=O) groups excluding carboxylic acids is 1. The normalized spacial score (nSPS) is 12.1. The molecule has 0 spiro atoms. The van der Waals surface area contributed by atoms with Crippen LogP contribution in [0.5, 0.6) is 0 Å². The molecule has 2 aromatic heterocycles. The molecule has 0 aliphatic carbocycles. The molecule has 0 bridgehead atoms. The van der Waals surface area contributed by atoms with Crippen molar-refractivity contribution in [3.63, 3.8) is 0 Å². The second-order valence-corrected chi connectivity index (χ2v) is 7.68. The average molecular weight is 437 g/mol. The van der Waals surface area contributed by atoms with Crippen molar-refractivity contribution in [2.75, 3.05) is 11.9 Å². The zero-order valence-corrected chi connectivity index (χ0v) is 17.2. The van der Waals surface area contributed by atoms with Crippen LogP contribution in [0, 0.1) is 0 Å². The van der Waals surface area contributed by atoms with Crippen LogP contribution in [0.15, 0.2) is 36.7 Å². The van der Waals surface area contributed by atoms with Gasteiger partial charge in [0.05, 0.1) is 6.33 Å². The first kappa shape index (κ1) is 22.3. The maximum absolute atomic E-state index is 13.5. The van der Waals surface area contributed by atoms with E-state index >= 15 is 0 Å². The van der Waals surface area contributed by atoms with Crippen LogP contribution in [0.4, 0.5) is 23.9 Å². The largest absolute Gasteiger partial charge is 0.510 e. The Morgan fingerprint density at radius 3 is 2.48 bits per heavy atom. The molecule has 0 saturated heterocycles. The lowest BCUT2D eigenvalue weighted by Crippen LogP contribution is -2.25. The van der Waals surface area contributed by atoms with Gasteiger partial charge in [0, 0.05) is 6.54 Å². The van der Waals surface area contributed by atoms with Crippen molar-refractivity contribution in [3.05, 3.63) is 47.9 Å². The van der Waals surface area contributed by atoms with E-state index in [4.69, 9.17) is 9.47 Å². The molecule has 0 fully saturated rings. The third-order valence-electron chi connectivity index (χ3n) is 3.98. The molecule has 1 N–H and O–H groups in total. The second kappa shape index (κ2) is 8.78.